The van der Waals surface area contributed by atoms with E-state index in [-0.39, 0.29) is 5.82 Å². The van der Waals surface area contributed by atoms with Crippen LogP contribution in [0.15, 0.2) is 28.7 Å². The number of aliphatic hydroxyl groups excluding tert-OH is 3. The van der Waals surface area contributed by atoms with Crippen molar-refractivity contribution in [1.82, 2.24) is 25.0 Å². The second kappa shape index (κ2) is 9.35. The number of aliphatic hydroxyl groups is 3. The molecular weight excluding hydrogens is 487 g/mol. The van der Waals surface area contributed by atoms with Crippen LogP contribution in [0.2, 0.25) is 9.49 Å². The third kappa shape index (κ3) is 4.55. The lowest BCUT2D eigenvalue weighted by Crippen LogP contribution is -2.55. The maximum absolute atomic E-state index is 11.0. The molecule has 0 amide bonds. The largest absolute Gasteiger partial charge is 0.394 e. The predicted molar refractivity (Wildman–Crippen MR) is 114 cm³/mol. The number of halogens is 2. The molecule has 14 heteroatoms. The number of hydrogen-bond donors (Lipinski definition) is 3. The molecule has 0 bridgehead atoms. The fourth-order valence-corrected chi connectivity index (χ4v) is 5.22. The minimum atomic E-state index is -1.27. The Morgan fingerprint density at radius 2 is 2.10 bits per heavy atom. The summed E-state index contributed by atoms with van der Waals surface area (Å²) in [6.45, 7) is 6.78. The molecular formula is C17H14Cl2N6O4S2. The van der Waals surface area contributed by atoms with E-state index in [0.717, 1.165) is 11.8 Å². The summed E-state index contributed by atoms with van der Waals surface area (Å²) >= 11 is 14.1. The number of thiazole rings is 1. The quantitative estimate of drug-likeness (QED) is 0.451. The molecule has 1 aliphatic rings. The molecule has 0 aromatic carbocycles. The van der Waals surface area contributed by atoms with E-state index in [1.54, 1.807) is 5.38 Å². The van der Waals surface area contributed by atoms with Gasteiger partial charge in [-0.3, -0.25) is 0 Å². The Kier molecular flexibility index (Phi) is 6.75. The molecule has 3 aromatic heterocycles. The molecule has 4 heterocycles. The lowest BCUT2D eigenvalue weighted by atomic mass is 9.97. The number of ether oxygens (including phenoxy) is 1. The van der Waals surface area contributed by atoms with Gasteiger partial charge in [-0.25, -0.2) is 9.67 Å². The molecule has 162 valence electrons. The molecule has 0 saturated carbocycles. The van der Waals surface area contributed by atoms with Crippen LogP contribution in [0, 0.1) is 6.57 Å². The molecule has 4 rings (SSSR count). The predicted octanol–water partition coefficient (Wildman–Crippen LogP) is 2.43. The molecule has 0 radical (unpaired) electrons. The van der Waals surface area contributed by atoms with Gasteiger partial charge < -0.3 is 24.9 Å². The minimum Gasteiger partial charge on any atom is -0.394 e. The zero-order chi connectivity index (χ0) is 22.1. The van der Waals surface area contributed by atoms with Crippen molar-refractivity contribution in [3.63, 3.8) is 0 Å². The third-order valence-electron chi connectivity index (χ3n) is 4.55. The van der Waals surface area contributed by atoms with Crippen molar-refractivity contribution in [1.29, 1.82) is 0 Å². The van der Waals surface area contributed by atoms with Crippen molar-refractivity contribution in [2.75, 3.05) is 6.61 Å². The van der Waals surface area contributed by atoms with Crippen molar-refractivity contribution in [2.24, 2.45) is 0 Å². The van der Waals surface area contributed by atoms with Crippen LogP contribution in [0.5, 0.6) is 0 Å². The maximum atomic E-state index is 11.0. The van der Waals surface area contributed by atoms with E-state index in [1.807, 2.05) is 0 Å². The summed E-state index contributed by atoms with van der Waals surface area (Å²) in [6, 6.07) is 0.554. The van der Waals surface area contributed by atoms with Gasteiger partial charge >= 0.3 is 0 Å². The number of nitrogens with zero attached hydrogens (tertiary/aromatic N) is 6. The van der Waals surface area contributed by atoms with Gasteiger partial charge in [-0.2, -0.15) is 0 Å². The van der Waals surface area contributed by atoms with Crippen LogP contribution >= 0.6 is 46.3 Å². The first-order valence-corrected chi connectivity index (χ1v) is 11.3. The molecule has 3 N–H and O–H groups in total. The van der Waals surface area contributed by atoms with Gasteiger partial charge in [0, 0.05) is 10.3 Å². The number of hydrogen-bond acceptors (Lipinski definition) is 10. The van der Waals surface area contributed by atoms with Crippen LogP contribution in [0.4, 0.5) is 5.82 Å². The van der Waals surface area contributed by atoms with E-state index in [2.05, 4.69) is 25.1 Å². The van der Waals surface area contributed by atoms with Gasteiger partial charge in [0.05, 0.1) is 17.8 Å². The SMILES string of the molecule is [C-]#[N+]c1ncc(Cl)cc1S[C@H]1OC(CO)[C@H](O)[C@H](n2cc(-c3csc(Cl)n3)nn2)C1O. The summed E-state index contributed by atoms with van der Waals surface area (Å²) in [7, 11) is 0. The van der Waals surface area contributed by atoms with E-state index in [4.69, 9.17) is 34.5 Å². The smallest absolute Gasteiger partial charge is 0.283 e. The van der Waals surface area contributed by atoms with E-state index in [1.165, 1.54) is 34.5 Å². The van der Waals surface area contributed by atoms with Gasteiger partial charge in [-0.05, 0) is 6.07 Å². The van der Waals surface area contributed by atoms with Gasteiger partial charge in [-0.15, -0.1) is 33.2 Å². The first kappa shape index (κ1) is 22.4. The fraction of sp³-hybridized carbons (Fsp3) is 0.353. The Morgan fingerprint density at radius 3 is 2.77 bits per heavy atom. The van der Waals surface area contributed by atoms with Gasteiger partial charge in [0.15, 0.2) is 4.47 Å². The van der Waals surface area contributed by atoms with Gasteiger partial charge in [-0.1, -0.05) is 35.0 Å². The highest BCUT2D eigenvalue weighted by Crippen LogP contribution is 2.41. The topological polar surface area (TPSA) is 131 Å². The number of pyridine rings is 1. The summed E-state index contributed by atoms with van der Waals surface area (Å²) in [5.41, 5.74) is -0.0329. The fourth-order valence-electron chi connectivity index (χ4n) is 3.10. The molecule has 1 aliphatic heterocycles. The zero-order valence-corrected chi connectivity index (χ0v) is 18.6. The van der Waals surface area contributed by atoms with Crippen LogP contribution in [0.25, 0.3) is 16.2 Å². The third-order valence-corrected chi connectivity index (χ3v) is 6.91. The first-order chi connectivity index (χ1) is 14.9. The normalized spacial score (nSPS) is 26.0. The molecule has 2 unspecified atom stereocenters. The molecule has 3 aromatic rings. The average molecular weight is 501 g/mol. The Labute approximate surface area is 194 Å². The van der Waals surface area contributed by atoms with Crippen molar-refractivity contribution in [3.05, 3.63) is 44.7 Å². The van der Waals surface area contributed by atoms with E-state index >= 15 is 0 Å². The van der Waals surface area contributed by atoms with Crippen LogP contribution in [0.3, 0.4) is 0 Å². The first-order valence-electron chi connectivity index (χ1n) is 8.76. The minimum absolute atomic E-state index is 0.0943. The number of aromatic nitrogens is 5. The molecule has 5 atom stereocenters. The highest BCUT2D eigenvalue weighted by Gasteiger charge is 2.46. The average Bonchev–Trinajstić information content (AvgIpc) is 3.39. The second-order valence-corrected chi connectivity index (χ2v) is 9.49. The van der Waals surface area contributed by atoms with Crippen LogP contribution in [-0.2, 0) is 4.74 Å². The molecule has 1 saturated heterocycles. The maximum Gasteiger partial charge on any atom is 0.283 e. The van der Waals surface area contributed by atoms with Gasteiger partial charge in [0.2, 0.25) is 0 Å². The Bertz CT molecular complexity index is 1120. The van der Waals surface area contributed by atoms with Crippen LogP contribution < -0.4 is 0 Å². The van der Waals surface area contributed by atoms with E-state index in [0.29, 0.717) is 25.8 Å². The second-order valence-electron chi connectivity index (χ2n) is 6.47. The Hall–Kier alpha value is -1.82. The van der Waals surface area contributed by atoms with E-state index < -0.39 is 36.4 Å². The molecule has 0 spiro atoms. The molecule has 31 heavy (non-hydrogen) atoms. The summed E-state index contributed by atoms with van der Waals surface area (Å²) in [6.07, 6.45) is -0.676. The standard InChI is InChI=1S/C17H14Cl2N6O4S2/c1-20-15-11(2-7(18)3-21-15)31-16-14(28)12(13(27)10(5-26)29-16)25-4-8(23-24-25)9-6-30-17(19)22-9/h2-4,6,10,12-14,16,26-28H,5H2/t10?,12-,13-,14?,16+/m0/s1. The van der Waals surface area contributed by atoms with Crippen LogP contribution in [0.1, 0.15) is 6.04 Å². The van der Waals surface area contributed by atoms with Crippen LogP contribution in [-0.4, -0.2) is 70.6 Å². The number of thioether (sulfide) groups is 1. The zero-order valence-electron chi connectivity index (χ0n) is 15.4. The Morgan fingerprint density at radius 1 is 1.29 bits per heavy atom. The Balaban J connectivity index is 1.64. The molecule has 0 aliphatic carbocycles. The van der Waals surface area contributed by atoms with Crippen molar-refractivity contribution in [3.8, 4) is 11.4 Å². The van der Waals surface area contributed by atoms with E-state index in [9.17, 15) is 15.3 Å². The van der Waals surface area contributed by atoms with Crippen molar-refractivity contribution in [2.45, 2.75) is 34.7 Å². The lowest BCUT2D eigenvalue weighted by molar-refractivity contribution is -0.178. The lowest BCUT2D eigenvalue weighted by Gasteiger charge is -2.41. The van der Waals surface area contributed by atoms with Crippen molar-refractivity contribution < 1.29 is 20.1 Å². The number of rotatable bonds is 5. The van der Waals surface area contributed by atoms with Gasteiger partial charge in [0.1, 0.15) is 47.4 Å². The van der Waals surface area contributed by atoms with Crippen molar-refractivity contribution >= 4 is 52.1 Å². The molecule has 10 nitrogen and oxygen atoms in total. The summed E-state index contributed by atoms with van der Waals surface area (Å²) in [5.74, 6) is 0.0943. The summed E-state index contributed by atoms with van der Waals surface area (Å²) in [5, 5.41) is 41.5. The summed E-state index contributed by atoms with van der Waals surface area (Å²) < 4.78 is 7.35. The summed E-state index contributed by atoms with van der Waals surface area (Å²) in [4.78, 5) is 11.9. The van der Waals surface area contributed by atoms with Gasteiger partial charge in [0.25, 0.3) is 5.82 Å². The molecule has 1 fully saturated rings. The monoisotopic (exact) mass is 500 g/mol. The highest BCUT2D eigenvalue weighted by atomic mass is 35.5. The highest BCUT2D eigenvalue weighted by molar-refractivity contribution is 8.00.